The van der Waals surface area contributed by atoms with Crippen LogP contribution >= 0.6 is 27.3 Å². The van der Waals surface area contributed by atoms with Crippen molar-refractivity contribution in [2.24, 2.45) is 17.8 Å². The Kier molecular flexibility index (Phi) is 3.39. The summed E-state index contributed by atoms with van der Waals surface area (Å²) in [5.41, 5.74) is 0. The summed E-state index contributed by atoms with van der Waals surface area (Å²) in [6.45, 7) is 0. The molecule has 1 heterocycles. The topological polar surface area (TPSA) is 0 Å². The fourth-order valence-corrected chi connectivity index (χ4v) is 5.55. The molecule has 0 radical (unpaired) electrons. The predicted octanol–water partition coefficient (Wildman–Crippen LogP) is 4.88. The molecule has 0 saturated heterocycles. The second-order valence-corrected chi connectivity index (χ2v) is 7.88. The Hall–Kier alpha value is 0.180. The highest BCUT2D eigenvalue weighted by atomic mass is 79.9. The van der Waals surface area contributed by atoms with Crippen molar-refractivity contribution in [3.8, 4) is 0 Å². The van der Waals surface area contributed by atoms with Crippen molar-refractivity contribution in [1.29, 1.82) is 0 Å². The molecule has 1 aromatic rings. The molecule has 0 aliphatic heterocycles. The minimum atomic E-state index is 0.704. The molecule has 2 bridgehead atoms. The van der Waals surface area contributed by atoms with Gasteiger partial charge in [-0.1, -0.05) is 28.4 Å². The van der Waals surface area contributed by atoms with Gasteiger partial charge in [-0.05, 0) is 61.3 Å². The molecule has 2 fully saturated rings. The van der Waals surface area contributed by atoms with Crippen LogP contribution in [0.25, 0.3) is 0 Å². The van der Waals surface area contributed by atoms with Gasteiger partial charge in [0, 0.05) is 9.70 Å². The molecule has 0 N–H and O–H groups in total. The van der Waals surface area contributed by atoms with Gasteiger partial charge in [0.25, 0.3) is 0 Å². The molecule has 2 aliphatic rings. The summed E-state index contributed by atoms with van der Waals surface area (Å²) < 4.78 is 0. The Morgan fingerprint density at radius 3 is 2.94 bits per heavy atom. The Bertz CT molecular complexity index is 333. The molecule has 0 nitrogen and oxygen atoms in total. The SMILES string of the molecule is BrC(Cc1cccs1)CC1CC2CCC1C2. The molecule has 88 valence electrons. The minimum Gasteiger partial charge on any atom is -0.149 e. The van der Waals surface area contributed by atoms with Gasteiger partial charge in [0.15, 0.2) is 0 Å². The van der Waals surface area contributed by atoms with Crippen LogP contribution in [-0.2, 0) is 6.42 Å². The van der Waals surface area contributed by atoms with Crippen LogP contribution in [0.3, 0.4) is 0 Å². The summed E-state index contributed by atoms with van der Waals surface area (Å²) in [7, 11) is 0. The van der Waals surface area contributed by atoms with Crippen molar-refractivity contribution in [2.75, 3.05) is 0 Å². The van der Waals surface area contributed by atoms with Gasteiger partial charge in [-0.25, -0.2) is 0 Å². The average Bonchev–Trinajstić information content (AvgIpc) is 2.92. The first-order valence-corrected chi connectivity index (χ1v) is 8.27. The number of thiophene rings is 1. The number of hydrogen-bond acceptors (Lipinski definition) is 1. The second-order valence-electron chi connectivity index (χ2n) is 5.55. The van der Waals surface area contributed by atoms with Gasteiger partial charge < -0.3 is 0 Å². The van der Waals surface area contributed by atoms with Crippen LogP contribution in [-0.4, -0.2) is 4.83 Å². The third-order valence-corrected chi connectivity index (χ3v) is 6.04. The van der Waals surface area contributed by atoms with Crippen molar-refractivity contribution in [3.05, 3.63) is 22.4 Å². The highest BCUT2D eigenvalue weighted by Gasteiger charge is 2.39. The standard InChI is InChI=1S/C14H19BrS/c15-13(9-14-2-1-5-16-14)8-12-7-10-3-4-11(12)6-10/h1-2,5,10-13H,3-4,6-9H2. The zero-order chi connectivity index (χ0) is 11.0. The van der Waals surface area contributed by atoms with Crippen LogP contribution in [0.5, 0.6) is 0 Å². The molecule has 2 heteroatoms. The molecular weight excluding hydrogens is 280 g/mol. The van der Waals surface area contributed by atoms with E-state index in [1.165, 1.54) is 37.0 Å². The van der Waals surface area contributed by atoms with E-state index in [1.54, 1.807) is 6.42 Å². The van der Waals surface area contributed by atoms with Gasteiger partial charge in [0.1, 0.15) is 0 Å². The van der Waals surface area contributed by atoms with E-state index in [2.05, 4.69) is 33.4 Å². The van der Waals surface area contributed by atoms with Crippen molar-refractivity contribution in [3.63, 3.8) is 0 Å². The summed E-state index contributed by atoms with van der Waals surface area (Å²) in [6, 6.07) is 4.43. The summed E-state index contributed by atoms with van der Waals surface area (Å²) in [6.07, 6.45) is 8.75. The van der Waals surface area contributed by atoms with Crippen LogP contribution in [0.1, 0.15) is 37.0 Å². The third-order valence-electron chi connectivity index (χ3n) is 4.45. The van der Waals surface area contributed by atoms with Gasteiger partial charge in [0.2, 0.25) is 0 Å². The number of rotatable bonds is 4. The van der Waals surface area contributed by atoms with E-state index in [0.29, 0.717) is 4.83 Å². The van der Waals surface area contributed by atoms with Crippen LogP contribution < -0.4 is 0 Å². The molecule has 0 amide bonds. The third kappa shape index (κ3) is 2.38. The molecule has 0 aromatic carbocycles. The second kappa shape index (κ2) is 4.81. The lowest BCUT2D eigenvalue weighted by atomic mass is 9.85. The number of hydrogen-bond donors (Lipinski definition) is 0. The summed E-state index contributed by atoms with van der Waals surface area (Å²) in [4.78, 5) is 2.24. The predicted molar refractivity (Wildman–Crippen MR) is 74.3 cm³/mol. The lowest BCUT2D eigenvalue weighted by molar-refractivity contribution is 0.313. The Labute approximate surface area is 111 Å². The van der Waals surface area contributed by atoms with Crippen molar-refractivity contribution < 1.29 is 0 Å². The van der Waals surface area contributed by atoms with E-state index in [-0.39, 0.29) is 0 Å². The van der Waals surface area contributed by atoms with Gasteiger partial charge >= 0.3 is 0 Å². The largest absolute Gasteiger partial charge is 0.149 e. The van der Waals surface area contributed by atoms with Gasteiger partial charge in [-0.3, -0.25) is 0 Å². The zero-order valence-electron chi connectivity index (χ0n) is 9.57. The van der Waals surface area contributed by atoms with Crippen molar-refractivity contribution >= 4 is 27.3 Å². The number of fused-ring (bicyclic) bond motifs is 2. The average molecular weight is 299 g/mol. The fourth-order valence-electron chi connectivity index (χ4n) is 3.72. The fraction of sp³-hybridized carbons (Fsp3) is 0.714. The van der Waals surface area contributed by atoms with E-state index >= 15 is 0 Å². The monoisotopic (exact) mass is 298 g/mol. The smallest absolute Gasteiger partial charge is 0.0196 e. The van der Waals surface area contributed by atoms with Crippen LogP contribution in [0.15, 0.2) is 17.5 Å². The highest BCUT2D eigenvalue weighted by molar-refractivity contribution is 9.09. The van der Waals surface area contributed by atoms with Gasteiger partial charge in [0.05, 0.1) is 0 Å². The summed E-state index contributed by atoms with van der Waals surface area (Å²) in [5.74, 6) is 3.20. The van der Waals surface area contributed by atoms with Crippen molar-refractivity contribution in [2.45, 2.75) is 43.4 Å². The molecule has 2 saturated carbocycles. The van der Waals surface area contributed by atoms with Crippen LogP contribution in [0.4, 0.5) is 0 Å². The van der Waals surface area contributed by atoms with Crippen LogP contribution in [0, 0.1) is 17.8 Å². The molecular formula is C14H19BrS. The molecule has 3 rings (SSSR count). The Balaban J connectivity index is 1.51. The normalized spacial score (nSPS) is 34.4. The summed E-state index contributed by atoms with van der Waals surface area (Å²) in [5, 5.41) is 2.19. The highest BCUT2D eigenvalue weighted by Crippen LogP contribution is 2.50. The maximum Gasteiger partial charge on any atom is 0.0196 e. The first kappa shape index (κ1) is 11.3. The van der Waals surface area contributed by atoms with E-state index in [1.807, 2.05) is 11.3 Å². The maximum atomic E-state index is 3.89. The molecule has 16 heavy (non-hydrogen) atoms. The lowest BCUT2D eigenvalue weighted by Gasteiger charge is -2.23. The van der Waals surface area contributed by atoms with E-state index in [9.17, 15) is 0 Å². The van der Waals surface area contributed by atoms with Crippen molar-refractivity contribution in [1.82, 2.24) is 0 Å². The first-order chi connectivity index (χ1) is 7.81. The number of alkyl halides is 1. The first-order valence-electron chi connectivity index (χ1n) is 6.47. The van der Waals surface area contributed by atoms with E-state index < -0.39 is 0 Å². The molecule has 4 atom stereocenters. The van der Waals surface area contributed by atoms with E-state index in [4.69, 9.17) is 0 Å². The molecule has 1 aromatic heterocycles. The molecule has 0 spiro atoms. The summed E-state index contributed by atoms with van der Waals surface area (Å²) >= 11 is 5.78. The van der Waals surface area contributed by atoms with Gasteiger partial charge in [-0.2, -0.15) is 0 Å². The Morgan fingerprint density at radius 2 is 2.31 bits per heavy atom. The quantitative estimate of drug-likeness (QED) is 0.695. The van der Waals surface area contributed by atoms with Crippen LogP contribution in [0.2, 0.25) is 0 Å². The maximum absolute atomic E-state index is 3.89. The van der Waals surface area contributed by atoms with E-state index in [0.717, 1.165) is 17.8 Å². The zero-order valence-corrected chi connectivity index (χ0v) is 12.0. The lowest BCUT2D eigenvalue weighted by Crippen LogP contribution is -2.16. The number of halogens is 1. The minimum absolute atomic E-state index is 0.704. The molecule has 4 unspecified atom stereocenters. The molecule has 2 aliphatic carbocycles. The Morgan fingerprint density at radius 1 is 1.38 bits per heavy atom. The van der Waals surface area contributed by atoms with Gasteiger partial charge in [-0.15, -0.1) is 11.3 Å².